The predicted octanol–water partition coefficient (Wildman–Crippen LogP) is 3.03. The van der Waals surface area contributed by atoms with E-state index in [2.05, 4.69) is 15.5 Å². The van der Waals surface area contributed by atoms with E-state index in [9.17, 15) is 13.2 Å². The first kappa shape index (κ1) is 20.5. The van der Waals surface area contributed by atoms with Crippen molar-refractivity contribution in [1.82, 2.24) is 10.1 Å². The zero-order valence-electron chi connectivity index (χ0n) is 16.3. The number of methoxy groups -OCH3 is 1. The van der Waals surface area contributed by atoms with E-state index < -0.39 is 9.84 Å². The minimum Gasteiger partial charge on any atom is -0.497 e. The minimum absolute atomic E-state index is 0.118. The first-order valence-corrected chi connectivity index (χ1v) is 10.7. The molecule has 1 aromatic heterocycles. The van der Waals surface area contributed by atoms with Crippen LogP contribution in [0.1, 0.15) is 17.9 Å². The Balaban J connectivity index is 1.62. The number of aryl methyl sites for hydroxylation is 2. The largest absolute Gasteiger partial charge is 0.497 e. The Hall–Kier alpha value is -3.20. The summed E-state index contributed by atoms with van der Waals surface area (Å²) < 4.78 is 33.7. The van der Waals surface area contributed by atoms with Gasteiger partial charge in [0.15, 0.2) is 9.84 Å². The van der Waals surface area contributed by atoms with Gasteiger partial charge in [0.2, 0.25) is 17.6 Å². The van der Waals surface area contributed by atoms with Crippen LogP contribution in [0.2, 0.25) is 0 Å². The summed E-state index contributed by atoms with van der Waals surface area (Å²) in [6, 6.07) is 11.9. The third-order valence-corrected chi connectivity index (χ3v) is 5.40. The van der Waals surface area contributed by atoms with Crippen molar-refractivity contribution < 1.29 is 22.5 Å². The SMILES string of the molecule is COc1ccc(-c2noc(CCC(=O)Nc3cc(S(C)(=O)=O)ccc3C)n2)cc1. The number of hydrogen-bond acceptors (Lipinski definition) is 7. The van der Waals surface area contributed by atoms with Crippen molar-refractivity contribution in [2.24, 2.45) is 0 Å². The zero-order valence-corrected chi connectivity index (χ0v) is 17.1. The zero-order chi connectivity index (χ0) is 21.0. The van der Waals surface area contributed by atoms with Gasteiger partial charge in [-0.3, -0.25) is 4.79 Å². The first-order valence-electron chi connectivity index (χ1n) is 8.84. The number of amides is 1. The van der Waals surface area contributed by atoms with Gasteiger partial charge in [0.25, 0.3) is 0 Å². The van der Waals surface area contributed by atoms with Crippen molar-refractivity contribution in [3.05, 3.63) is 53.9 Å². The molecule has 0 aliphatic rings. The number of carbonyl (C=O) groups excluding carboxylic acids is 1. The molecule has 3 aromatic rings. The van der Waals surface area contributed by atoms with Gasteiger partial charge in [0, 0.05) is 30.3 Å². The second kappa shape index (κ2) is 8.44. The standard InChI is InChI=1S/C20H21N3O5S/c1-13-4-9-16(29(3,25)26)12-17(13)21-18(24)10-11-19-22-20(23-28-19)14-5-7-15(27-2)8-6-14/h4-9,12H,10-11H2,1-3H3,(H,21,24). The van der Waals surface area contributed by atoms with Gasteiger partial charge in [0.1, 0.15) is 5.75 Å². The fourth-order valence-corrected chi connectivity index (χ4v) is 3.26. The van der Waals surface area contributed by atoms with Crippen LogP contribution in [0.5, 0.6) is 5.75 Å². The molecule has 9 heteroatoms. The van der Waals surface area contributed by atoms with Crippen LogP contribution in [0.15, 0.2) is 51.9 Å². The highest BCUT2D eigenvalue weighted by atomic mass is 32.2. The Morgan fingerprint density at radius 1 is 1.17 bits per heavy atom. The van der Waals surface area contributed by atoms with Crippen molar-refractivity contribution in [3.63, 3.8) is 0 Å². The number of rotatable bonds is 7. The lowest BCUT2D eigenvalue weighted by Crippen LogP contribution is -2.14. The van der Waals surface area contributed by atoms with Gasteiger partial charge in [-0.2, -0.15) is 4.98 Å². The molecule has 1 amide bonds. The Morgan fingerprint density at radius 2 is 1.90 bits per heavy atom. The number of sulfone groups is 1. The number of ether oxygens (including phenoxy) is 1. The van der Waals surface area contributed by atoms with E-state index in [0.29, 0.717) is 17.4 Å². The molecule has 2 aromatic carbocycles. The van der Waals surface area contributed by atoms with Crippen LogP contribution in [0.4, 0.5) is 5.69 Å². The maximum absolute atomic E-state index is 12.3. The van der Waals surface area contributed by atoms with E-state index in [0.717, 1.165) is 23.1 Å². The van der Waals surface area contributed by atoms with Crippen molar-refractivity contribution in [1.29, 1.82) is 0 Å². The summed E-state index contributed by atoms with van der Waals surface area (Å²) in [7, 11) is -1.76. The molecular formula is C20H21N3O5S. The highest BCUT2D eigenvalue weighted by molar-refractivity contribution is 7.90. The number of nitrogens with one attached hydrogen (secondary N) is 1. The molecule has 0 aliphatic carbocycles. The summed E-state index contributed by atoms with van der Waals surface area (Å²) in [6.45, 7) is 1.79. The molecule has 1 heterocycles. The molecule has 0 saturated carbocycles. The van der Waals surface area contributed by atoms with E-state index >= 15 is 0 Å². The number of hydrogen-bond donors (Lipinski definition) is 1. The molecule has 0 unspecified atom stereocenters. The molecule has 0 aliphatic heterocycles. The van der Waals surface area contributed by atoms with E-state index in [4.69, 9.17) is 9.26 Å². The molecule has 0 bridgehead atoms. The average molecular weight is 415 g/mol. The molecule has 0 saturated heterocycles. The molecule has 8 nitrogen and oxygen atoms in total. The fraction of sp³-hybridized carbons (Fsp3) is 0.250. The Morgan fingerprint density at radius 3 is 2.55 bits per heavy atom. The van der Waals surface area contributed by atoms with Gasteiger partial charge in [-0.1, -0.05) is 11.2 Å². The topological polar surface area (TPSA) is 111 Å². The first-order chi connectivity index (χ1) is 13.8. The lowest BCUT2D eigenvalue weighted by Gasteiger charge is -2.09. The van der Waals surface area contributed by atoms with Crippen LogP contribution in [0.3, 0.4) is 0 Å². The van der Waals surface area contributed by atoms with Gasteiger partial charge >= 0.3 is 0 Å². The lowest BCUT2D eigenvalue weighted by atomic mass is 10.2. The van der Waals surface area contributed by atoms with Gasteiger partial charge in [0.05, 0.1) is 12.0 Å². The van der Waals surface area contributed by atoms with Crippen molar-refractivity contribution >= 4 is 21.4 Å². The number of nitrogens with zero attached hydrogens (tertiary/aromatic N) is 2. The van der Waals surface area contributed by atoms with E-state index in [1.165, 1.54) is 12.1 Å². The van der Waals surface area contributed by atoms with Crippen molar-refractivity contribution in [3.8, 4) is 17.1 Å². The molecular weight excluding hydrogens is 394 g/mol. The average Bonchev–Trinajstić information content (AvgIpc) is 3.16. The molecule has 0 radical (unpaired) electrons. The van der Waals surface area contributed by atoms with Crippen molar-refractivity contribution in [2.45, 2.75) is 24.7 Å². The van der Waals surface area contributed by atoms with E-state index in [-0.39, 0.29) is 23.6 Å². The second-order valence-electron chi connectivity index (χ2n) is 6.54. The smallest absolute Gasteiger partial charge is 0.227 e. The third kappa shape index (κ3) is 5.20. The maximum atomic E-state index is 12.3. The van der Waals surface area contributed by atoms with Gasteiger partial charge in [-0.15, -0.1) is 0 Å². The van der Waals surface area contributed by atoms with E-state index in [1.807, 2.05) is 12.1 Å². The van der Waals surface area contributed by atoms with E-state index in [1.54, 1.807) is 32.2 Å². The lowest BCUT2D eigenvalue weighted by molar-refractivity contribution is -0.116. The van der Waals surface area contributed by atoms with Gasteiger partial charge < -0.3 is 14.6 Å². The van der Waals surface area contributed by atoms with Gasteiger partial charge in [-0.05, 0) is 48.9 Å². The van der Waals surface area contributed by atoms with Crippen molar-refractivity contribution in [2.75, 3.05) is 18.7 Å². The summed E-state index contributed by atoms with van der Waals surface area (Å²) in [5, 5.41) is 6.67. The Labute approximate surface area is 168 Å². The molecule has 0 spiro atoms. The number of benzene rings is 2. The number of carbonyl (C=O) groups is 1. The summed E-state index contributed by atoms with van der Waals surface area (Å²) in [5.74, 6) is 1.22. The molecule has 0 fully saturated rings. The number of aromatic nitrogens is 2. The van der Waals surface area contributed by atoms with Gasteiger partial charge in [-0.25, -0.2) is 8.42 Å². The number of anilines is 1. The molecule has 0 atom stereocenters. The van der Waals surface area contributed by atoms with Crippen LogP contribution in [0, 0.1) is 6.92 Å². The summed E-state index contributed by atoms with van der Waals surface area (Å²) in [4.78, 5) is 16.7. The van der Waals surface area contributed by atoms with Crippen LogP contribution < -0.4 is 10.1 Å². The quantitative estimate of drug-likeness (QED) is 0.631. The summed E-state index contributed by atoms with van der Waals surface area (Å²) in [6.07, 6.45) is 1.51. The summed E-state index contributed by atoms with van der Waals surface area (Å²) in [5.41, 5.74) is 2.01. The minimum atomic E-state index is -3.35. The van der Waals surface area contributed by atoms with Crippen LogP contribution in [-0.2, 0) is 21.1 Å². The third-order valence-electron chi connectivity index (χ3n) is 4.29. The molecule has 1 N–H and O–H groups in total. The fourth-order valence-electron chi connectivity index (χ4n) is 2.61. The molecule has 152 valence electrons. The Bertz CT molecular complexity index is 1120. The highest BCUT2D eigenvalue weighted by Gasteiger charge is 2.14. The maximum Gasteiger partial charge on any atom is 0.227 e. The van der Waals surface area contributed by atoms with Crippen LogP contribution in [0.25, 0.3) is 11.4 Å². The monoisotopic (exact) mass is 415 g/mol. The normalized spacial score (nSPS) is 11.3. The molecule has 29 heavy (non-hydrogen) atoms. The van der Waals surface area contributed by atoms with Crippen LogP contribution in [-0.4, -0.2) is 37.8 Å². The Kier molecular flexibility index (Phi) is 5.97. The predicted molar refractivity (Wildman–Crippen MR) is 108 cm³/mol. The molecule has 3 rings (SSSR count). The van der Waals surface area contributed by atoms with Crippen LogP contribution >= 0.6 is 0 Å². The highest BCUT2D eigenvalue weighted by Crippen LogP contribution is 2.22. The second-order valence-corrected chi connectivity index (χ2v) is 8.55. The summed E-state index contributed by atoms with van der Waals surface area (Å²) >= 11 is 0.